The number of sulfonamides is 1. The van der Waals surface area contributed by atoms with Crippen LogP contribution < -0.4 is 10.1 Å². The van der Waals surface area contributed by atoms with E-state index in [2.05, 4.69) is 16.3 Å². The van der Waals surface area contributed by atoms with Gasteiger partial charge in [-0.25, -0.2) is 8.42 Å². The Kier molecular flexibility index (Phi) is 8.14. The van der Waals surface area contributed by atoms with Crippen molar-refractivity contribution in [3.63, 3.8) is 0 Å². The number of hydrogen-bond acceptors (Lipinski definition) is 5. The maximum absolute atomic E-state index is 13.1. The van der Waals surface area contributed by atoms with Crippen LogP contribution in [0.25, 0.3) is 0 Å². The van der Waals surface area contributed by atoms with Crippen LogP contribution >= 0.6 is 11.6 Å². The minimum atomic E-state index is -3.60. The molecule has 0 atom stereocenters. The second-order valence-electron chi connectivity index (χ2n) is 9.00. The quantitative estimate of drug-likeness (QED) is 0.604. The van der Waals surface area contributed by atoms with Gasteiger partial charge in [0.15, 0.2) is 0 Å². The molecule has 0 saturated carbocycles. The second-order valence-corrected chi connectivity index (χ2v) is 11.4. The van der Waals surface area contributed by atoms with Crippen molar-refractivity contribution in [3.8, 4) is 5.75 Å². The first-order chi connectivity index (χ1) is 16.4. The molecule has 34 heavy (non-hydrogen) atoms. The molecule has 2 aromatic rings. The number of hydrogen-bond donors (Lipinski definition) is 1. The summed E-state index contributed by atoms with van der Waals surface area (Å²) in [6.45, 7) is 3.49. The van der Waals surface area contributed by atoms with Crippen LogP contribution in [0.1, 0.15) is 37.7 Å². The van der Waals surface area contributed by atoms with Gasteiger partial charge in [-0.15, -0.1) is 0 Å². The average Bonchev–Trinajstić information content (AvgIpc) is 2.85. The molecule has 2 saturated heterocycles. The lowest BCUT2D eigenvalue weighted by Crippen LogP contribution is -2.38. The number of methoxy groups -OCH3 is 1. The van der Waals surface area contributed by atoms with Crippen LogP contribution in [-0.2, 0) is 21.4 Å². The number of carbonyl (C=O) groups is 1. The minimum Gasteiger partial charge on any atom is -0.495 e. The van der Waals surface area contributed by atoms with Gasteiger partial charge in [-0.05, 0) is 74.7 Å². The molecule has 0 bridgehead atoms. The van der Waals surface area contributed by atoms with E-state index in [-0.39, 0.29) is 16.7 Å². The van der Waals surface area contributed by atoms with Gasteiger partial charge in [-0.1, -0.05) is 30.2 Å². The molecule has 2 aliphatic heterocycles. The van der Waals surface area contributed by atoms with Crippen molar-refractivity contribution in [2.24, 2.45) is 5.92 Å². The fraction of sp³-hybridized carbons (Fsp3) is 0.480. The van der Waals surface area contributed by atoms with Gasteiger partial charge < -0.3 is 10.1 Å². The Bertz CT molecular complexity index is 1110. The first kappa shape index (κ1) is 25.0. The molecule has 1 N–H and O–H groups in total. The average molecular weight is 506 g/mol. The lowest BCUT2D eigenvalue weighted by atomic mass is 9.95. The topological polar surface area (TPSA) is 79.0 Å². The third-order valence-electron chi connectivity index (χ3n) is 6.64. The van der Waals surface area contributed by atoms with E-state index < -0.39 is 10.0 Å². The molecule has 0 spiro atoms. The third-order valence-corrected chi connectivity index (χ3v) is 8.76. The van der Waals surface area contributed by atoms with Gasteiger partial charge >= 0.3 is 0 Å². The number of rotatable bonds is 7. The highest BCUT2D eigenvalue weighted by atomic mass is 35.5. The Labute approximate surface area is 207 Å². The highest BCUT2D eigenvalue weighted by molar-refractivity contribution is 7.89. The fourth-order valence-corrected chi connectivity index (χ4v) is 6.44. The van der Waals surface area contributed by atoms with E-state index in [9.17, 15) is 13.2 Å². The number of nitrogens with zero attached hydrogens (tertiary/aromatic N) is 2. The van der Waals surface area contributed by atoms with Crippen molar-refractivity contribution in [1.82, 2.24) is 9.21 Å². The van der Waals surface area contributed by atoms with E-state index in [0.29, 0.717) is 24.5 Å². The van der Waals surface area contributed by atoms with Crippen molar-refractivity contribution in [2.75, 3.05) is 38.6 Å². The molecule has 0 aliphatic carbocycles. The SMILES string of the molecule is COc1ccc(S(=O)(=O)N2CCCCC2)cc1NC(=O)C1CCN(Cc2cccc(Cl)c2)CC1. The van der Waals surface area contributed by atoms with Gasteiger partial charge in [0.05, 0.1) is 17.7 Å². The molecule has 9 heteroatoms. The van der Waals surface area contributed by atoms with Crippen LogP contribution in [0.5, 0.6) is 5.75 Å². The number of amides is 1. The number of nitrogens with one attached hydrogen (secondary N) is 1. The van der Waals surface area contributed by atoms with E-state index >= 15 is 0 Å². The summed E-state index contributed by atoms with van der Waals surface area (Å²) < 4.78 is 33.1. The van der Waals surface area contributed by atoms with E-state index in [0.717, 1.165) is 62.3 Å². The van der Waals surface area contributed by atoms with Crippen LogP contribution in [0.4, 0.5) is 5.69 Å². The maximum atomic E-state index is 13.1. The Hall–Kier alpha value is -2.13. The van der Waals surface area contributed by atoms with Crippen molar-refractivity contribution < 1.29 is 17.9 Å². The summed E-state index contributed by atoms with van der Waals surface area (Å²) in [6.07, 6.45) is 4.26. The van der Waals surface area contributed by atoms with Crippen LogP contribution in [-0.4, -0.2) is 56.8 Å². The summed E-state index contributed by atoms with van der Waals surface area (Å²) in [7, 11) is -2.09. The number of piperidine rings is 2. The normalized spacial score (nSPS) is 18.5. The molecule has 2 aliphatic rings. The molecular weight excluding hydrogens is 474 g/mol. The molecule has 184 valence electrons. The highest BCUT2D eigenvalue weighted by Gasteiger charge is 2.29. The number of halogens is 1. The zero-order valence-corrected chi connectivity index (χ0v) is 21.1. The molecule has 7 nitrogen and oxygen atoms in total. The van der Waals surface area contributed by atoms with Gasteiger partial charge in [-0.2, -0.15) is 4.31 Å². The van der Waals surface area contributed by atoms with Gasteiger partial charge in [0.2, 0.25) is 15.9 Å². The van der Waals surface area contributed by atoms with Crippen LogP contribution in [0, 0.1) is 5.92 Å². The Balaban J connectivity index is 1.40. The number of likely N-dealkylation sites (tertiary alicyclic amines) is 1. The molecule has 2 fully saturated rings. The van der Waals surface area contributed by atoms with E-state index in [1.54, 1.807) is 12.1 Å². The monoisotopic (exact) mass is 505 g/mol. The predicted molar refractivity (Wildman–Crippen MR) is 134 cm³/mol. The van der Waals surface area contributed by atoms with Crippen molar-refractivity contribution in [1.29, 1.82) is 0 Å². The summed E-state index contributed by atoms with van der Waals surface area (Å²) in [5, 5.41) is 3.66. The molecular formula is C25H32ClN3O4S. The lowest BCUT2D eigenvalue weighted by Gasteiger charge is -2.31. The van der Waals surface area contributed by atoms with E-state index in [4.69, 9.17) is 16.3 Å². The van der Waals surface area contributed by atoms with Crippen LogP contribution in [0.2, 0.25) is 5.02 Å². The van der Waals surface area contributed by atoms with Crippen molar-refractivity contribution >= 4 is 33.2 Å². The second kappa shape index (κ2) is 11.1. The highest BCUT2D eigenvalue weighted by Crippen LogP contribution is 2.31. The fourth-order valence-electron chi connectivity index (χ4n) is 4.68. The minimum absolute atomic E-state index is 0.103. The molecule has 0 unspecified atom stereocenters. The summed E-state index contributed by atoms with van der Waals surface area (Å²) in [5.74, 6) is 0.209. The Morgan fingerprint density at radius 2 is 1.79 bits per heavy atom. The predicted octanol–water partition coefficient (Wildman–Crippen LogP) is 4.37. The summed E-state index contributed by atoms with van der Waals surface area (Å²) in [5.41, 5.74) is 1.55. The molecule has 2 aromatic carbocycles. The van der Waals surface area contributed by atoms with Crippen molar-refractivity contribution in [3.05, 3.63) is 53.1 Å². The number of carbonyl (C=O) groups excluding carboxylic acids is 1. The van der Waals surface area contributed by atoms with E-state index in [1.807, 2.05) is 18.2 Å². The Morgan fingerprint density at radius 1 is 1.06 bits per heavy atom. The number of anilines is 1. The van der Waals surface area contributed by atoms with Gasteiger partial charge in [-0.3, -0.25) is 9.69 Å². The third kappa shape index (κ3) is 5.92. The number of benzene rings is 2. The zero-order valence-electron chi connectivity index (χ0n) is 19.5. The molecule has 0 radical (unpaired) electrons. The zero-order chi connectivity index (χ0) is 24.1. The lowest BCUT2D eigenvalue weighted by molar-refractivity contribution is -0.121. The van der Waals surface area contributed by atoms with Crippen molar-refractivity contribution in [2.45, 2.75) is 43.5 Å². The first-order valence-corrected chi connectivity index (χ1v) is 13.6. The van der Waals surface area contributed by atoms with Crippen LogP contribution in [0.3, 0.4) is 0 Å². The summed E-state index contributed by atoms with van der Waals surface area (Å²) >= 11 is 6.09. The standard InChI is InChI=1S/C25H32ClN3O4S/c1-33-24-9-8-22(34(31,32)29-12-3-2-4-13-29)17-23(24)27-25(30)20-10-14-28(15-11-20)18-19-6-5-7-21(26)16-19/h5-9,16-17,20H,2-4,10-15,18H2,1H3,(H,27,30). The maximum Gasteiger partial charge on any atom is 0.243 e. The number of ether oxygens (including phenoxy) is 1. The summed E-state index contributed by atoms with van der Waals surface area (Å²) in [6, 6.07) is 12.5. The largest absolute Gasteiger partial charge is 0.495 e. The van der Waals surface area contributed by atoms with E-state index in [1.165, 1.54) is 17.5 Å². The van der Waals surface area contributed by atoms with Crippen LogP contribution in [0.15, 0.2) is 47.4 Å². The van der Waals surface area contributed by atoms with Gasteiger partial charge in [0.1, 0.15) is 5.75 Å². The summed E-state index contributed by atoms with van der Waals surface area (Å²) in [4.78, 5) is 15.5. The molecule has 4 rings (SSSR count). The first-order valence-electron chi connectivity index (χ1n) is 11.8. The smallest absolute Gasteiger partial charge is 0.243 e. The molecule has 2 heterocycles. The molecule has 1 amide bonds. The van der Waals surface area contributed by atoms with Gasteiger partial charge in [0, 0.05) is 30.6 Å². The molecule has 0 aromatic heterocycles. The van der Waals surface area contributed by atoms with Gasteiger partial charge in [0.25, 0.3) is 0 Å². The Morgan fingerprint density at radius 3 is 2.47 bits per heavy atom.